The van der Waals surface area contributed by atoms with Crippen LogP contribution in [0.3, 0.4) is 0 Å². The van der Waals surface area contributed by atoms with E-state index in [1.165, 1.54) is 31.2 Å². The van der Waals surface area contributed by atoms with Gasteiger partial charge in [0.05, 0.1) is 6.54 Å². The average molecular weight is 489 g/mol. The van der Waals surface area contributed by atoms with E-state index in [0.717, 1.165) is 23.4 Å². The molecule has 1 heterocycles. The fourth-order valence-electron chi connectivity index (χ4n) is 3.54. The van der Waals surface area contributed by atoms with Crippen molar-refractivity contribution in [2.75, 3.05) is 13.6 Å². The molecule has 142 valence electrons. The second kappa shape index (κ2) is 9.55. The quantitative estimate of drug-likeness (QED) is 0.385. The first-order chi connectivity index (χ1) is 12.1. The van der Waals surface area contributed by atoms with E-state index in [9.17, 15) is 0 Å². The summed E-state index contributed by atoms with van der Waals surface area (Å²) in [5, 5.41) is 11.7. The van der Waals surface area contributed by atoms with Crippen LogP contribution in [0, 0.1) is 0 Å². The molecule has 3 rings (SSSR count). The highest BCUT2D eigenvalue weighted by atomic mass is 127. The van der Waals surface area contributed by atoms with Crippen molar-refractivity contribution < 1.29 is 0 Å². The number of hydrogen-bond donors (Lipinski definition) is 2. The molecule has 0 unspecified atom stereocenters. The number of aromatic nitrogens is 3. The van der Waals surface area contributed by atoms with Crippen LogP contribution in [0.1, 0.15) is 37.1 Å². The SMILES string of the molecule is CN=C(NCc1ncnn1C)NCC1(c2ccc(Cl)cc2)CCCC1.I. The maximum atomic E-state index is 6.06. The maximum Gasteiger partial charge on any atom is 0.191 e. The lowest BCUT2D eigenvalue weighted by Crippen LogP contribution is -2.44. The van der Waals surface area contributed by atoms with E-state index in [0.29, 0.717) is 6.54 Å². The Balaban J connectivity index is 0.00000243. The monoisotopic (exact) mass is 488 g/mol. The summed E-state index contributed by atoms with van der Waals surface area (Å²) < 4.78 is 1.76. The van der Waals surface area contributed by atoms with E-state index < -0.39 is 0 Å². The Morgan fingerprint density at radius 2 is 1.92 bits per heavy atom. The fraction of sp³-hybridized carbons (Fsp3) is 0.500. The molecule has 0 bridgehead atoms. The predicted molar refractivity (Wildman–Crippen MR) is 116 cm³/mol. The van der Waals surface area contributed by atoms with Gasteiger partial charge in [-0.25, -0.2) is 4.98 Å². The van der Waals surface area contributed by atoms with Crippen LogP contribution < -0.4 is 10.6 Å². The van der Waals surface area contributed by atoms with Gasteiger partial charge in [0.25, 0.3) is 0 Å². The molecule has 0 saturated heterocycles. The largest absolute Gasteiger partial charge is 0.356 e. The summed E-state index contributed by atoms with van der Waals surface area (Å²) in [6.45, 7) is 1.44. The Labute approximate surface area is 176 Å². The number of aliphatic imine (C=N–C) groups is 1. The highest BCUT2D eigenvalue weighted by Gasteiger charge is 2.35. The maximum absolute atomic E-state index is 6.06. The smallest absolute Gasteiger partial charge is 0.191 e. The van der Waals surface area contributed by atoms with Crippen molar-refractivity contribution in [1.29, 1.82) is 0 Å². The van der Waals surface area contributed by atoms with E-state index in [1.807, 2.05) is 19.2 Å². The van der Waals surface area contributed by atoms with E-state index >= 15 is 0 Å². The number of nitrogens with one attached hydrogen (secondary N) is 2. The zero-order valence-electron chi connectivity index (χ0n) is 15.2. The summed E-state index contributed by atoms with van der Waals surface area (Å²) >= 11 is 6.06. The zero-order chi connectivity index (χ0) is 17.7. The second-order valence-electron chi connectivity index (χ2n) is 6.57. The Kier molecular flexibility index (Phi) is 7.69. The van der Waals surface area contributed by atoms with Crippen molar-refractivity contribution in [2.24, 2.45) is 12.0 Å². The molecule has 2 aromatic rings. The molecule has 1 aliphatic carbocycles. The molecule has 6 nitrogen and oxygen atoms in total. The predicted octanol–water partition coefficient (Wildman–Crippen LogP) is 3.26. The van der Waals surface area contributed by atoms with Crippen LogP contribution in [0.5, 0.6) is 0 Å². The first kappa shape index (κ1) is 21.0. The summed E-state index contributed by atoms with van der Waals surface area (Å²) in [5.74, 6) is 1.65. The fourth-order valence-corrected chi connectivity index (χ4v) is 3.67. The Morgan fingerprint density at radius 3 is 2.50 bits per heavy atom. The summed E-state index contributed by atoms with van der Waals surface area (Å²) in [6.07, 6.45) is 6.44. The lowest BCUT2D eigenvalue weighted by molar-refractivity contribution is 0.431. The molecule has 1 saturated carbocycles. The molecule has 0 amide bonds. The van der Waals surface area contributed by atoms with Crippen LogP contribution in [-0.2, 0) is 19.0 Å². The first-order valence-electron chi connectivity index (χ1n) is 8.66. The number of rotatable bonds is 5. The summed E-state index contributed by atoms with van der Waals surface area (Å²) in [6, 6.07) is 8.28. The summed E-state index contributed by atoms with van der Waals surface area (Å²) in [7, 11) is 3.67. The molecule has 0 aliphatic heterocycles. The van der Waals surface area contributed by atoms with Gasteiger partial charge < -0.3 is 10.6 Å². The molecule has 1 fully saturated rings. The molecule has 0 atom stereocenters. The van der Waals surface area contributed by atoms with Crippen molar-refractivity contribution in [3.63, 3.8) is 0 Å². The molecule has 0 spiro atoms. The van der Waals surface area contributed by atoms with E-state index in [-0.39, 0.29) is 29.4 Å². The number of guanidine groups is 1. The van der Waals surface area contributed by atoms with E-state index in [1.54, 1.807) is 18.1 Å². The van der Waals surface area contributed by atoms with Crippen LogP contribution in [-0.4, -0.2) is 34.3 Å². The molecule has 1 aromatic carbocycles. The number of hydrogen-bond acceptors (Lipinski definition) is 3. The van der Waals surface area contributed by atoms with Gasteiger partial charge in [-0.2, -0.15) is 5.10 Å². The minimum Gasteiger partial charge on any atom is -0.356 e. The van der Waals surface area contributed by atoms with Gasteiger partial charge in [0.15, 0.2) is 5.96 Å². The number of benzene rings is 1. The topological polar surface area (TPSA) is 67.1 Å². The summed E-state index contributed by atoms with van der Waals surface area (Å²) in [5.41, 5.74) is 1.50. The molecule has 26 heavy (non-hydrogen) atoms. The highest BCUT2D eigenvalue weighted by molar-refractivity contribution is 14.0. The lowest BCUT2D eigenvalue weighted by atomic mass is 9.79. The van der Waals surface area contributed by atoms with Gasteiger partial charge in [0.2, 0.25) is 0 Å². The van der Waals surface area contributed by atoms with Gasteiger partial charge in [-0.3, -0.25) is 9.67 Å². The molecule has 1 aromatic heterocycles. The van der Waals surface area contributed by atoms with E-state index in [4.69, 9.17) is 11.6 Å². The van der Waals surface area contributed by atoms with Crippen molar-refractivity contribution in [2.45, 2.75) is 37.6 Å². The third-order valence-electron chi connectivity index (χ3n) is 5.05. The van der Waals surface area contributed by atoms with Gasteiger partial charge in [-0.15, -0.1) is 24.0 Å². The van der Waals surface area contributed by atoms with Gasteiger partial charge in [0.1, 0.15) is 12.2 Å². The zero-order valence-corrected chi connectivity index (χ0v) is 18.3. The number of halogens is 2. The number of nitrogens with zero attached hydrogens (tertiary/aromatic N) is 4. The van der Waals surface area contributed by atoms with Crippen LogP contribution in [0.15, 0.2) is 35.6 Å². The minimum absolute atomic E-state index is 0. The van der Waals surface area contributed by atoms with E-state index in [2.05, 4.69) is 37.8 Å². The first-order valence-corrected chi connectivity index (χ1v) is 9.04. The second-order valence-corrected chi connectivity index (χ2v) is 7.01. The van der Waals surface area contributed by atoms with Crippen LogP contribution in [0.4, 0.5) is 0 Å². The minimum atomic E-state index is 0. The lowest BCUT2D eigenvalue weighted by Gasteiger charge is -2.31. The van der Waals surface area contributed by atoms with Crippen LogP contribution in [0.25, 0.3) is 0 Å². The molecular weight excluding hydrogens is 463 g/mol. The van der Waals surface area contributed by atoms with Crippen molar-refractivity contribution >= 4 is 41.5 Å². The molecule has 0 radical (unpaired) electrons. The van der Waals surface area contributed by atoms with Gasteiger partial charge in [-0.05, 0) is 30.5 Å². The molecule has 1 aliphatic rings. The van der Waals surface area contributed by atoms with Gasteiger partial charge in [-0.1, -0.05) is 36.6 Å². The Hall–Kier alpha value is -1.35. The standard InChI is InChI=1S/C18H25ClN6.HI/c1-20-17(21-11-16-23-13-24-25(16)2)22-12-18(9-3-4-10-18)14-5-7-15(19)8-6-14;/h5-8,13H,3-4,9-12H2,1-2H3,(H2,20,21,22);1H. The summed E-state index contributed by atoms with van der Waals surface area (Å²) in [4.78, 5) is 8.56. The van der Waals surface area contributed by atoms with Gasteiger partial charge >= 0.3 is 0 Å². The Bertz CT molecular complexity index is 722. The molecule has 2 N–H and O–H groups in total. The number of aryl methyl sites for hydroxylation is 1. The van der Waals surface area contributed by atoms with Crippen molar-refractivity contribution in [3.8, 4) is 0 Å². The van der Waals surface area contributed by atoms with Gasteiger partial charge in [0, 0.05) is 31.1 Å². The molecular formula is C18H26ClIN6. The third-order valence-corrected chi connectivity index (χ3v) is 5.31. The van der Waals surface area contributed by atoms with Crippen molar-refractivity contribution in [1.82, 2.24) is 25.4 Å². The van der Waals surface area contributed by atoms with Crippen molar-refractivity contribution in [3.05, 3.63) is 47.0 Å². The Morgan fingerprint density at radius 1 is 1.23 bits per heavy atom. The van der Waals surface area contributed by atoms with Crippen LogP contribution >= 0.6 is 35.6 Å². The average Bonchev–Trinajstić information content (AvgIpc) is 3.26. The normalized spacial score (nSPS) is 16.2. The molecule has 8 heteroatoms. The third kappa shape index (κ3) is 4.88. The van der Waals surface area contributed by atoms with Crippen LogP contribution in [0.2, 0.25) is 5.02 Å². The highest BCUT2D eigenvalue weighted by Crippen LogP contribution is 2.40.